The van der Waals surface area contributed by atoms with E-state index >= 15 is 0 Å². The smallest absolute Gasteiger partial charge is 0.322 e. The number of nitrogens with zero attached hydrogens (tertiary/aromatic N) is 4. The minimum atomic E-state index is -0.619. The number of aryl methyl sites for hydroxylation is 2. The van der Waals surface area contributed by atoms with Crippen molar-refractivity contribution in [2.24, 2.45) is 5.92 Å². The summed E-state index contributed by atoms with van der Waals surface area (Å²) >= 11 is 0. The molecule has 2 aromatic rings. The van der Waals surface area contributed by atoms with Gasteiger partial charge in [0.2, 0.25) is 5.91 Å². The topological polar surface area (TPSA) is 88.2 Å². The fourth-order valence-corrected chi connectivity index (χ4v) is 7.68. The molecule has 3 aliphatic rings. The zero-order valence-electron chi connectivity index (χ0n) is 29.1. The second kappa shape index (κ2) is 16.5. The van der Waals surface area contributed by atoms with Crippen LogP contribution in [0.25, 0.3) is 0 Å². The lowest BCUT2D eigenvalue weighted by atomic mass is 9.94. The van der Waals surface area contributed by atoms with Gasteiger partial charge < -0.3 is 30.2 Å². The number of benzene rings is 2. The van der Waals surface area contributed by atoms with E-state index in [4.69, 9.17) is 0 Å². The summed E-state index contributed by atoms with van der Waals surface area (Å²) in [5.74, 6) is 0.621. The van der Waals surface area contributed by atoms with E-state index in [1.807, 2.05) is 32.9 Å². The van der Waals surface area contributed by atoms with Crippen molar-refractivity contribution >= 4 is 23.7 Å². The van der Waals surface area contributed by atoms with Gasteiger partial charge in [0.15, 0.2) is 0 Å². The molecule has 2 aromatic carbocycles. The van der Waals surface area contributed by atoms with E-state index in [9.17, 15) is 14.4 Å². The van der Waals surface area contributed by atoms with Crippen LogP contribution in [0.3, 0.4) is 0 Å². The molecule has 9 heteroatoms. The molecule has 0 radical (unpaired) electrons. The summed E-state index contributed by atoms with van der Waals surface area (Å²) in [6.07, 6.45) is 6.64. The third-order valence-electron chi connectivity index (χ3n) is 10.7. The van der Waals surface area contributed by atoms with E-state index in [1.165, 1.54) is 11.1 Å². The number of fused-ring (bicyclic) bond motifs is 1. The number of piperidine rings is 2. The number of hydrogen-bond acceptors (Lipinski definition) is 4. The van der Waals surface area contributed by atoms with Gasteiger partial charge in [-0.25, -0.2) is 9.59 Å². The number of carbonyl (C=O) groups is 3. The van der Waals surface area contributed by atoms with Gasteiger partial charge in [0, 0.05) is 57.4 Å². The van der Waals surface area contributed by atoms with Gasteiger partial charge >= 0.3 is 12.1 Å². The number of para-hydroxylation sites is 1. The van der Waals surface area contributed by atoms with Crippen molar-refractivity contribution in [3.8, 4) is 0 Å². The maximum Gasteiger partial charge on any atom is 0.322 e. The number of anilines is 1. The van der Waals surface area contributed by atoms with Crippen LogP contribution in [0.4, 0.5) is 15.3 Å². The van der Waals surface area contributed by atoms with Crippen molar-refractivity contribution in [3.05, 3.63) is 64.7 Å². The van der Waals surface area contributed by atoms with Gasteiger partial charge in [0.05, 0.1) is 0 Å². The number of amides is 5. The zero-order valence-corrected chi connectivity index (χ0v) is 29.1. The molecule has 256 valence electrons. The Labute approximate surface area is 282 Å². The molecule has 5 amide bonds. The van der Waals surface area contributed by atoms with Gasteiger partial charge in [-0.3, -0.25) is 4.79 Å². The van der Waals surface area contributed by atoms with E-state index in [0.717, 1.165) is 81.6 Å². The van der Waals surface area contributed by atoms with E-state index in [-0.39, 0.29) is 24.0 Å². The summed E-state index contributed by atoms with van der Waals surface area (Å²) in [4.78, 5) is 49.2. The Kier molecular flexibility index (Phi) is 12.2. The Hall–Kier alpha value is -3.59. The summed E-state index contributed by atoms with van der Waals surface area (Å²) in [5.41, 5.74) is 5.77. The molecule has 9 nitrogen and oxygen atoms in total. The van der Waals surface area contributed by atoms with Crippen LogP contribution in [-0.2, 0) is 30.5 Å². The van der Waals surface area contributed by atoms with Crippen molar-refractivity contribution in [1.82, 2.24) is 24.9 Å². The van der Waals surface area contributed by atoms with Crippen molar-refractivity contribution in [3.63, 3.8) is 0 Å². The Morgan fingerprint density at radius 2 is 1.55 bits per heavy atom. The first-order chi connectivity index (χ1) is 22.8. The molecule has 1 atom stereocenters. The third kappa shape index (κ3) is 8.66. The third-order valence-corrected chi connectivity index (χ3v) is 10.7. The molecule has 0 spiro atoms. The van der Waals surface area contributed by atoms with Gasteiger partial charge in [-0.2, -0.15) is 0 Å². The molecular formula is C38H56N6O3. The van der Waals surface area contributed by atoms with E-state index < -0.39 is 6.04 Å². The van der Waals surface area contributed by atoms with Crippen molar-refractivity contribution in [2.75, 3.05) is 57.7 Å². The number of carbonyl (C=O) groups excluding carboxylic acids is 3. The Bertz CT molecular complexity index is 1360. The van der Waals surface area contributed by atoms with Crippen LogP contribution in [-0.4, -0.2) is 102 Å². The Morgan fingerprint density at radius 1 is 0.872 bits per heavy atom. The average molecular weight is 645 g/mol. The molecule has 0 aliphatic carbocycles. The SMILES string of the molecule is CCc1ccc(C[C@@H](NC(=O)N2CCC(N3CCc4ccccc4NC3=O)CC2)C(=O)N2CCC(CN(CC)CC)CC2)cc1CC. The molecule has 3 heterocycles. The maximum absolute atomic E-state index is 14.1. The molecule has 0 unspecified atom stereocenters. The standard InChI is InChI=1S/C38H56N6O3/c1-5-30-14-13-29(25-31(30)6-2)26-35(36(45)42-20-15-28(16-21-42)27-41(7-3)8-4)40-37(46)43-22-18-33(19-23-43)44-24-17-32-11-9-10-12-34(32)39-38(44)47/h9-14,25,28,33,35H,5-8,15-24,26-27H2,1-4H3,(H,39,47)(H,40,46)/t35-/m1/s1. The monoisotopic (exact) mass is 644 g/mol. The van der Waals surface area contributed by atoms with Crippen LogP contribution >= 0.6 is 0 Å². The van der Waals surface area contributed by atoms with Gasteiger partial charge in [0.1, 0.15) is 6.04 Å². The van der Waals surface area contributed by atoms with Gasteiger partial charge in [0.25, 0.3) is 0 Å². The highest BCUT2D eigenvalue weighted by atomic mass is 16.2. The highest BCUT2D eigenvalue weighted by Crippen LogP contribution is 2.25. The number of rotatable bonds is 11. The van der Waals surface area contributed by atoms with E-state index in [0.29, 0.717) is 44.8 Å². The molecule has 2 saturated heterocycles. The number of hydrogen-bond donors (Lipinski definition) is 2. The average Bonchev–Trinajstić information content (AvgIpc) is 3.28. The molecule has 3 aliphatic heterocycles. The Morgan fingerprint density at radius 3 is 2.23 bits per heavy atom. The summed E-state index contributed by atoms with van der Waals surface area (Å²) in [6.45, 7) is 15.2. The molecule has 2 fully saturated rings. The van der Waals surface area contributed by atoms with Crippen LogP contribution < -0.4 is 10.6 Å². The summed E-state index contributed by atoms with van der Waals surface area (Å²) in [6, 6.07) is 13.7. The molecular weight excluding hydrogens is 588 g/mol. The predicted octanol–water partition coefficient (Wildman–Crippen LogP) is 5.57. The first-order valence-corrected chi connectivity index (χ1v) is 18.2. The minimum Gasteiger partial charge on any atom is -0.341 e. The zero-order chi connectivity index (χ0) is 33.3. The van der Waals surface area contributed by atoms with Crippen LogP contribution in [0.5, 0.6) is 0 Å². The first kappa shape index (κ1) is 34.7. The van der Waals surface area contributed by atoms with Crippen LogP contribution in [0.1, 0.15) is 75.6 Å². The largest absolute Gasteiger partial charge is 0.341 e. The summed E-state index contributed by atoms with van der Waals surface area (Å²) in [5, 5.41) is 6.26. The fraction of sp³-hybridized carbons (Fsp3) is 0.605. The van der Waals surface area contributed by atoms with Crippen molar-refractivity contribution in [2.45, 2.75) is 91.1 Å². The van der Waals surface area contributed by atoms with Crippen LogP contribution in [0.15, 0.2) is 42.5 Å². The van der Waals surface area contributed by atoms with Gasteiger partial charge in [-0.05, 0) is 92.3 Å². The predicted molar refractivity (Wildman–Crippen MR) is 189 cm³/mol. The van der Waals surface area contributed by atoms with Crippen LogP contribution in [0.2, 0.25) is 0 Å². The summed E-state index contributed by atoms with van der Waals surface area (Å²) < 4.78 is 0. The molecule has 2 N–H and O–H groups in total. The second-order valence-electron chi connectivity index (χ2n) is 13.5. The molecule has 0 saturated carbocycles. The molecule has 0 bridgehead atoms. The number of likely N-dealkylation sites (tertiary alicyclic amines) is 2. The fourth-order valence-electron chi connectivity index (χ4n) is 7.68. The minimum absolute atomic E-state index is 0.0212. The molecule has 5 rings (SSSR count). The Balaban J connectivity index is 1.22. The lowest BCUT2D eigenvalue weighted by Gasteiger charge is -2.39. The van der Waals surface area contributed by atoms with Gasteiger partial charge in [-0.15, -0.1) is 0 Å². The van der Waals surface area contributed by atoms with Crippen LogP contribution in [0, 0.1) is 5.92 Å². The van der Waals surface area contributed by atoms with Gasteiger partial charge in [-0.1, -0.05) is 64.1 Å². The van der Waals surface area contributed by atoms with E-state index in [2.05, 4.69) is 67.5 Å². The second-order valence-corrected chi connectivity index (χ2v) is 13.5. The van der Waals surface area contributed by atoms with Crippen molar-refractivity contribution in [1.29, 1.82) is 0 Å². The van der Waals surface area contributed by atoms with Crippen molar-refractivity contribution < 1.29 is 14.4 Å². The number of urea groups is 2. The molecule has 47 heavy (non-hydrogen) atoms. The first-order valence-electron chi connectivity index (χ1n) is 18.2. The quantitative estimate of drug-likeness (QED) is 0.335. The lowest BCUT2D eigenvalue weighted by Crippen LogP contribution is -2.57. The maximum atomic E-state index is 14.1. The molecule has 0 aromatic heterocycles. The summed E-state index contributed by atoms with van der Waals surface area (Å²) in [7, 11) is 0. The lowest BCUT2D eigenvalue weighted by molar-refractivity contribution is -0.134. The van der Waals surface area contributed by atoms with E-state index in [1.54, 1.807) is 0 Å². The highest BCUT2D eigenvalue weighted by molar-refractivity contribution is 5.91. The normalized spacial score (nSPS) is 18.5. The highest BCUT2D eigenvalue weighted by Gasteiger charge is 2.34. The number of nitrogens with one attached hydrogen (secondary N) is 2.